The number of thiazole rings is 1. The molecule has 0 spiro atoms. The van der Waals surface area contributed by atoms with Crippen molar-refractivity contribution in [3.8, 4) is 0 Å². The predicted octanol–water partition coefficient (Wildman–Crippen LogP) is 4.14. The number of hydrogen-bond donors (Lipinski definition) is 1. The Morgan fingerprint density at radius 2 is 2.27 bits per heavy atom. The van der Waals surface area contributed by atoms with Gasteiger partial charge in [0.2, 0.25) is 5.91 Å². The smallest absolute Gasteiger partial charge is 0.243 e. The summed E-state index contributed by atoms with van der Waals surface area (Å²) in [6, 6.07) is 6.56. The number of carbonyl (C=O) groups is 1. The standard InChI is InChI=1S/C21H28N2O2S/c1-3-15-5-7-18-19(13-15)26-21(23-18)8-6-17(14-22-20(24)4-2)16-9-11-25-12-10-16/h4-5,7,13,16-17H,2-3,6,8-12,14H2,1H3,(H,22,24). The van der Waals surface area contributed by atoms with E-state index < -0.39 is 0 Å². The fraction of sp³-hybridized carbons (Fsp3) is 0.524. The Bertz CT molecular complexity index is 750. The zero-order chi connectivity index (χ0) is 18.4. The van der Waals surface area contributed by atoms with Crippen molar-refractivity contribution in [2.45, 2.75) is 39.0 Å². The second kappa shape index (κ2) is 9.28. The van der Waals surface area contributed by atoms with E-state index in [-0.39, 0.29) is 5.91 Å². The molecular formula is C21H28N2O2S. The second-order valence-corrected chi connectivity index (χ2v) is 8.08. The van der Waals surface area contributed by atoms with Gasteiger partial charge in [-0.15, -0.1) is 11.3 Å². The summed E-state index contributed by atoms with van der Waals surface area (Å²) in [4.78, 5) is 16.4. The maximum atomic E-state index is 11.6. The van der Waals surface area contributed by atoms with Crippen LogP contribution >= 0.6 is 11.3 Å². The summed E-state index contributed by atoms with van der Waals surface area (Å²) in [6.45, 7) is 8.09. The first-order valence-electron chi connectivity index (χ1n) is 9.56. The number of aryl methyl sites for hydroxylation is 2. The molecule has 1 amide bonds. The van der Waals surface area contributed by atoms with E-state index in [0.29, 0.717) is 18.4 Å². The zero-order valence-corrected chi connectivity index (χ0v) is 16.3. The Kier molecular flexibility index (Phi) is 6.80. The van der Waals surface area contributed by atoms with Crippen LogP contribution in [0.4, 0.5) is 0 Å². The van der Waals surface area contributed by atoms with Crippen molar-refractivity contribution in [2.75, 3.05) is 19.8 Å². The molecule has 2 heterocycles. The number of nitrogens with one attached hydrogen (secondary N) is 1. The molecule has 1 aromatic heterocycles. The minimum absolute atomic E-state index is 0.0888. The summed E-state index contributed by atoms with van der Waals surface area (Å²) in [7, 11) is 0. The molecule has 3 rings (SSSR count). The maximum Gasteiger partial charge on any atom is 0.243 e. The molecule has 0 saturated carbocycles. The SMILES string of the molecule is C=CC(=O)NCC(CCc1nc2ccc(CC)cc2s1)C1CCOCC1. The molecule has 0 radical (unpaired) electrons. The van der Waals surface area contributed by atoms with Gasteiger partial charge in [0.05, 0.1) is 15.2 Å². The van der Waals surface area contributed by atoms with Gasteiger partial charge in [-0.05, 0) is 67.7 Å². The summed E-state index contributed by atoms with van der Waals surface area (Å²) in [6.07, 6.45) is 6.57. The number of amides is 1. The van der Waals surface area contributed by atoms with Crippen LogP contribution in [0.3, 0.4) is 0 Å². The number of carbonyl (C=O) groups excluding carboxylic acids is 1. The molecule has 1 fully saturated rings. The molecule has 1 aliphatic heterocycles. The number of hydrogen-bond acceptors (Lipinski definition) is 4. The minimum Gasteiger partial charge on any atom is -0.381 e. The molecule has 2 aromatic rings. The molecule has 1 saturated heterocycles. The summed E-state index contributed by atoms with van der Waals surface area (Å²) >= 11 is 1.81. The lowest BCUT2D eigenvalue weighted by atomic mass is 9.83. The monoisotopic (exact) mass is 372 g/mol. The predicted molar refractivity (Wildman–Crippen MR) is 108 cm³/mol. The Morgan fingerprint density at radius 3 is 3.00 bits per heavy atom. The average Bonchev–Trinajstić information content (AvgIpc) is 3.10. The van der Waals surface area contributed by atoms with Gasteiger partial charge in [0, 0.05) is 19.8 Å². The highest BCUT2D eigenvalue weighted by atomic mass is 32.1. The summed E-state index contributed by atoms with van der Waals surface area (Å²) in [5.74, 6) is 0.977. The Hall–Kier alpha value is -1.72. The molecule has 4 nitrogen and oxygen atoms in total. The molecule has 1 aliphatic rings. The van der Waals surface area contributed by atoms with E-state index in [1.807, 2.05) is 0 Å². The van der Waals surface area contributed by atoms with Crippen molar-refractivity contribution in [3.63, 3.8) is 0 Å². The molecule has 1 unspecified atom stereocenters. The third-order valence-corrected chi connectivity index (χ3v) is 6.37. The fourth-order valence-electron chi connectivity index (χ4n) is 3.65. The van der Waals surface area contributed by atoms with E-state index in [9.17, 15) is 4.79 Å². The van der Waals surface area contributed by atoms with Crippen LogP contribution in [0.2, 0.25) is 0 Å². The van der Waals surface area contributed by atoms with E-state index in [1.54, 1.807) is 11.3 Å². The highest BCUT2D eigenvalue weighted by Gasteiger charge is 2.24. The first-order valence-corrected chi connectivity index (χ1v) is 10.4. The van der Waals surface area contributed by atoms with Crippen molar-refractivity contribution >= 4 is 27.5 Å². The average molecular weight is 373 g/mol. The number of benzene rings is 1. The van der Waals surface area contributed by atoms with Gasteiger partial charge in [0.25, 0.3) is 0 Å². The molecule has 0 bridgehead atoms. The summed E-state index contributed by atoms with van der Waals surface area (Å²) in [5.41, 5.74) is 2.46. The molecule has 140 valence electrons. The molecule has 1 aromatic carbocycles. The van der Waals surface area contributed by atoms with E-state index in [2.05, 4.69) is 37.0 Å². The number of nitrogens with zero attached hydrogens (tertiary/aromatic N) is 1. The lowest BCUT2D eigenvalue weighted by Gasteiger charge is -2.30. The van der Waals surface area contributed by atoms with Gasteiger partial charge < -0.3 is 10.1 Å². The maximum absolute atomic E-state index is 11.6. The van der Waals surface area contributed by atoms with Gasteiger partial charge >= 0.3 is 0 Å². The molecule has 1 N–H and O–H groups in total. The van der Waals surface area contributed by atoms with Crippen LogP contribution in [0, 0.1) is 11.8 Å². The van der Waals surface area contributed by atoms with Crippen LogP contribution in [-0.4, -0.2) is 30.6 Å². The van der Waals surface area contributed by atoms with E-state index in [0.717, 1.165) is 50.8 Å². The van der Waals surface area contributed by atoms with Gasteiger partial charge in [-0.3, -0.25) is 4.79 Å². The zero-order valence-electron chi connectivity index (χ0n) is 15.5. The largest absolute Gasteiger partial charge is 0.381 e. The third-order valence-electron chi connectivity index (χ3n) is 5.29. The third kappa shape index (κ3) is 4.92. The quantitative estimate of drug-likeness (QED) is 0.709. The first kappa shape index (κ1) is 19.1. The van der Waals surface area contributed by atoms with Crippen molar-refractivity contribution in [2.24, 2.45) is 11.8 Å². The number of rotatable bonds is 8. The highest BCUT2D eigenvalue weighted by molar-refractivity contribution is 7.18. The van der Waals surface area contributed by atoms with Gasteiger partial charge in [0.1, 0.15) is 0 Å². The molecular weight excluding hydrogens is 344 g/mol. The van der Waals surface area contributed by atoms with E-state index >= 15 is 0 Å². The topological polar surface area (TPSA) is 51.2 Å². The van der Waals surface area contributed by atoms with Crippen LogP contribution in [0.1, 0.15) is 36.8 Å². The van der Waals surface area contributed by atoms with E-state index in [1.165, 1.54) is 21.3 Å². The Labute approximate surface area is 159 Å². The van der Waals surface area contributed by atoms with Crippen molar-refractivity contribution < 1.29 is 9.53 Å². The van der Waals surface area contributed by atoms with Crippen LogP contribution in [-0.2, 0) is 22.4 Å². The fourth-order valence-corrected chi connectivity index (χ4v) is 4.69. The molecule has 26 heavy (non-hydrogen) atoms. The van der Waals surface area contributed by atoms with Crippen molar-refractivity contribution in [3.05, 3.63) is 41.4 Å². The van der Waals surface area contributed by atoms with Gasteiger partial charge in [-0.25, -0.2) is 4.98 Å². The van der Waals surface area contributed by atoms with Crippen molar-refractivity contribution in [1.29, 1.82) is 0 Å². The number of fused-ring (bicyclic) bond motifs is 1. The van der Waals surface area contributed by atoms with Crippen LogP contribution in [0.15, 0.2) is 30.9 Å². The van der Waals surface area contributed by atoms with Gasteiger partial charge in [0.15, 0.2) is 0 Å². The first-order chi connectivity index (χ1) is 12.7. The Morgan fingerprint density at radius 1 is 1.46 bits per heavy atom. The minimum atomic E-state index is -0.0888. The lowest BCUT2D eigenvalue weighted by Crippen LogP contribution is -2.34. The summed E-state index contributed by atoms with van der Waals surface area (Å²) in [5, 5.41) is 4.19. The normalized spacial score (nSPS) is 16.5. The number of aromatic nitrogens is 1. The molecule has 0 aliphatic carbocycles. The lowest BCUT2D eigenvalue weighted by molar-refractivity contribution is -0.116. The van der Waals surface area contributed by atoms with Crippen LogP contribution < -0.4 is 5.32 Å². The molecule has 5 heteroatoms. The van der Waals surface area contributed by atoms with E-state index in [4.69, 9.17) is 9.72 Å². The van der Waals surface area contributed by atoms with Gasteiger partial charge in [-0.1, -0.05) is 19.6 Å². The highest BCUT2D eigenvalue weighted by Crippen LogP contribution is 2.29. The number of ether oxygens (including phenoxy) is 1. The van der Waals surface area contributed by atoms with Crippen molar-refractivity contribution in [1.82, 2.24) is 10.3 Å². The second-order valence-electron chi connectivity index (χ2n) is 6.96. The van der Waals surface area contributed by atoms with Crippen LogP contribution in [0.5, 0.6) is 0 Å². The molecule has 1 atom stereocenters. The summed E-state index contributed by atoms with van der Waals surface area (Å²) < 4.78 is 6.79. The van der Waals surface area contributed by atoms with Crippen LogP contribution in [0.25, 0.3) is 10.2 Å². The Balaban J connectivity index is 1.65. The van der Waals surface area contributed by atoms with Gasteiger partial charge in [-0.2, -0.15) is 0 Å².